The molecule has 134 valence electrons. The Morgan fingerprint density at radius 1 is 1.00 bits per heavy atom. The van der Waals surface area contributed by atoms with E-state index in [0.29, 0.717) is 10.6 Å². The molecule has 0 aliphatic carbocycles. The molecule has 2 aromatic rings. The molecular formula is C16H12ClF5N2O. The zero-order valence-corrected chi connectivity index (χ0v) is 13.5. The van der Waals surface area contributed by atoms with Crippen molar-refractivity contribution in [1.29, 1.82) is 0 Å². The summed E-state index contributed by atoms with van der Waals surface area (Å²) in [5, 5.41) is 4.86. The van der Waals surface area contributed by atoms with Crippen LogP contribution in [0.5, 0.6) is 0 Å². The second-order valence-electron chi connectivity index (χ2n) is 5.12. The molecule has 0 fully saturated rings. The average Bonchev–Trinajstić information content (AvgIpc) is 2.60. The van der Waals surface area contributed by atoms with E-state index < -0.39 is 53.3 Å². The van der Waals surface area contributed by atoms with Gasteiger partial charge in [0.25, 0.3) is 0 Å². The van der Waals surface area contributed by atoms with E-state index >= 15 is 0 Å². The van der Waals surface area contributed by atoms with Crippen molar-refractivity contribution in [1.82, 2.24) is 5.32 Å². The van der Waals surface area contributed by atoms with Crippen LogP contribution in [-0.4, -0.2) is 12.5 Å². The van der Waals surface area contributed by atoms with Crippen molar-refractivity contribution in [2.75, 3.05) is 11.9 Å². The van der Waals surface area contributed by atoms with Gasteiger partial charge in [0.05, 0.1) is 6.54 Å². The van der Waals surface area contributed by atoms with E-state index in [-0.39, 0.29) is 0 Å². The lowest BCUT2D eigenvalue weighted by atomic mass is 10.1. The van der Waals surface area contributed by atoms with Crippen molar-refractivity contribution in [2.24, 2.45) is 0 Å². The van der Waals surface area contributed by atoms with Crippen molar-refractivity contribution < 1.29 is 26.7 Å². The summed E-state index contributed by atoms with van der Waals surface area (Å²) >= 11 is 6.00. The molecule has 0 aromatic heterocycles. The van der Waals surface area contributed by atoms with Gasteiger partial charge >= 0.3 is 0 Å². The van der Waals surface area contributed by atoms with Gasteiger partial charge in [0.15, 0.2) is 23.3 Å². The monoisotopic (exact) mass is 378 g/mol. The molecule has 0 radical (unpaired) electrons. The van der Waals surface area contributed by atoms with Gasteiger partial charge in [-0.25, -0.2) is 22.0 Å². The first kappa shape index (κ1) is 19.1. The average molecular weight is 379 g/mol. The molecule has 0 aliphatic heterocycles. The van der Waals surface area contributed by atoms with Gasteiger partial charge in [-0.3, -0.25) is 4.79 Å². The highest BCUT2D eigenvalue weighted by atomic mass is 35.5. The van der Waals surface area contributed by atoms with Gasteiger partial charge in [0, 0.05) is 11.1 Å². The van der Waals surface area contributed by atoms with Crippen LogP contribution in [0.15, 0.2) is 24.3 Å². The molecule has 2 N–H and O–H groups in total. The molecule has 0 saturated carbocycles. The summed E-state index contributed by atoms with van der Waals surface area (Å²) in [6.45, 7) is 1.25. The number of amides is 1. The maximum atomic E-state index is 13.5. The Bertz CT molecular complexity index is 786. The van der Waals surface area contributed by atoms with Gasteiger partial charge in [0.2, 0.25) is 11.7 Å². The third-order valence-electron chi connectivity index (χ3n) is 3.41. The molecule has 2 rings (SSSR count). The lowest BCUT2D eigenvalue weighted by Gasteiger charge is -2.16. The topological polar surface area (TPSA) is 41.1 Å². The molecule has 9 heteroatoms. The molecule has 25 heavy (non-hydrogen) atoms. The third kappa shape index (κ3) is 4.08. The number of rotatable bonds is 5. The molecule has 2 aromatic carbocycles. The van der Waals surface area contributed by atoms with Gasteiger partial charge in [-0.15, -0.1) is 0 Å². The minimum atomic E-state index is -2.29. The molecule has 1 amide bonds. The number of carbonyl (C=O) groups is 1. The SMILES string of the molecule is C[C@@H](NCC(=O)Nc1c(F)c(F)c(F)c(F)c1F)c1ccccc1Cl. The molecule has 0 saturated heterocycles. The highest BCUT2D eigenvalue weighted by molar-refractivity contribution is 6.31. The smallest absolute Gasteiger partial charge is 0.238 e. The lowest BCUT2D eigenvalue weighted by Crippen LogP contribution is -2.31. The van der Waals surface area contributed by atoms with E-state index in [2.05, 4.69) is 5.32 Å². The number of hydrogen-bond donors (Lipinski definition) is 2. The molecule has 0 spiro atoms. The van der Waals surface area contributed by atoms with E-state index in [1.807, 2.05) is 0 Å². The van der Waals surface area contributed by atoms with Crippen molar-refractivity contribution in [3.63, 3.8) is 0 Å². The fourth-order valence-electron chi connectivity index (χ4n) is 2.08. The van der Waals surface area contributed by atoms with Gasteiger partial charge in [-0.2, -0.15) is 0 Å². The van der Waals surface area contributed by atoms with Gasteiger partial charge in [-0.1, -0.05) is 29.8 Å². The maximum Gasteiger partial charge on any atom is 0.238 e. The summed E-state index contributed by atoms with van der Waals surface area (Å²) in [7, 11) is 0. The predicted molar refractivity (Wildman–Crippen MR) is 82.7 cm³/mol. The normalized spacial score (nSPS) is 12.1. The van der Waals surface area contributed by atoms with Crippen LogP contribution in [0, 0.1) is 29.1 Å². The van der Waals surface area contributed by atoms with E-state index in [1.165, 1.54) is 0 Å². The summed E-state index contributed by atoms with van der Waals surface area (Å²) < 4.78 is 66.1. The van der Waals surface area contributed by atoms with E-state index in [0.717, 1.165) is 0 Å². The highest BCUT2D eigenvalue weighted by Crippen LogP contribution is 2.27. The molecule has 0 aliphatic rings. The fourth-order valence-corrected chi connectivity index (χ4v) is 2.38. The summed E-state index contributed by atoms with van der Waals surface area (Å²) in [6, 6.07) is 6.41. The maximum absolute atomic E-state index is 13.5. The van der Waals surface area contributed by atoms with E-state index in [1.54, 1.807) is 36.5 Å². The van der Waals surface area contributed by atoms with Gasteiger partial charge < -0.3 is 10.6 Å². The molecule has 0 heterocycles. The minimum Gasteiger partial charge on any atom is -0.320 e. The first-order chi connectivity index (χ1) is 11.7. The fraction of sp³-hybridized carbons (Fsp3) is 0.188. The van der Waals surface area contributed by atoms with E-state index in [4.69, 9.17) is 11.6 Å². The van der Waals surface area contributed by atoms with Crippen molar-refractivity contribution in [2.45, 2.75) is 13.0 Å². The Labute approximate surface area is 144 Å². The van der Waals surface area contributed by atoms with Crippen LogP contribution in [0.2, 0.25) is 5.02 Å². The molecule has 0 unspecified atom stereocenters. The molecule has 1 atom stereocenters. The number of halogens is 6. The summed E-state index contributed by atoms with van der Waals surface area (Å²) in [5.41, 5.74) is -0.721. The third-order valence-corrected chi connectivity index (χ3v) is 3.76. The lowest BCUT2D eigenvalue weighted by molar-refractivity contribution is -0.115. The number of nitrogens with one attached hydrogen (secondary N) is 2. The highest BCUT2D eigenvalue weighted by Gasteiger charge is 2.26. The molecular weight excluding hydrogens is 367 g/mol. The van der Waals surface area contributed by atoms with Crippen molar-refractivity contribution in [3.05, 3.63) is 63.9 Å². The second-order valence-corrected chi connectivity index (χ2v) is 5.52. The Balaban J connectivity index is 2.08. The standard InChI is InChI=1S/C16H12ClF5N2O/c1-7(8-4-2-3-5-9(8)17)23-6-10(25)24-16-14(21)12(19)11(18)13(20)15(16)22/h2-5,7,23H,6H2,1H3,(H,24,25)/t7-/m1/s1. The molecule has 0 bridgehead atoms. The first-order valence-electron chi connectivity index (χ1n) is 7.03. The summed E-state index contributed by atoms with van der Waals surface area (Å²) in [4.78, 5) is 11.8. The zero-order chi connectivity index (χ0) is 18.7. The van der Waals surface area contributed by atoms with Crippen LogP contribution >= 0.6 is 11.6 Å². The Morgan fingerprint density at radius 2 is 1.52 bits per heavy atom. The van der Waals surface area contributed by atoms with Gasteiger partial charge in [-0.05, 0) is 18.6 Å². The first-order valence-corrected chi connectivity index (χ1v) is 7.41. The number of carbonyl (C=O) groups excluding carboxylic acids is 1. The number of hydrogen-bond acceptors (Lipinski definition) is 2. The van der Waals surface area contributed by atoms with Gasteiger partial charge in [0.1, 0.15) is 5.69 Å². The molecule has 3 nitrogen and oxygen atoms in total. The largest absolute Gasteiger partial charge is 0.320 e. The van der Waals surface area contributed by atoms with Crippen LogP contribution in [-0.2, 0) is 4.79 Å². The minimum absolute atomic E-state index is 0.393. The Morgan fingerprint density at radius 3 is 2.08 bits per heavy atom. The van der Waals surface area contributed by atoms with Crippen molar-refractivity contribution >= 4 is 23.2 Å². The second kappa shape index (κ2) is 7.79. The van der Waals surface area contributed by atoms with Crippen LogP contribution in [0.4, 0.5) is 27.6 Å². The van der Waals surface area contributed by atoms with Crippen LogP contribution in [0.3, 0.4) is 0 Å². The number of benzene rings is 2. The van der Waals surface area contributed by atoms with Crippen molar-refractivity contribution in [3.8, 4) is 0 Å². The van der Waals surface area contributed by atoms with E-state index in [9.17, 15) is 26.7 Å². The Kier molecular flexibility index (Phi) is 5.97. The quantitative estimate of drug-likeness (QED) is 0.462. The summed E-state index contributed by atoms with van der Waals surface area (Å²) in [6.07, 6.45) is 0. The Hall–Kier alpha value is -2.19. The van der Waals surface area contributed by atoms with Crippen LogP contribution < -0.4 is 10.6 Å². The number of anilines is 1. The summed E-state index contributed by atoms with van der Waals surface area (Å²) in [5.74, 6) is -11.8. The van der Waals surface area contributed by atoms with Crippen LogP contribution in [0.25, 0.3) is 0 Å². The zero-order valence-electron chi connectivity index (χ0n) is 12.8. The van der Waals surface area contributed by atoms with Crippen LogP contribution in [0.1, 0.15) is 18.5 Å². The predicted octanol–water partition coefficient (Wildman–Crippen LogP) is 4.32.